The quantitative estimate of drug-likeness (QED) is 0.872. The highest BCUT2D eigenvalue weighted by molar-refractivity contribution is 9.10. The van der Waals surface area contributed by atoms with Gasteiger partial charge in [0.1, 0.15) is 5.82 Å². The molecule has 90 valence electrons. The Morgan fingerprint density at radius 3 is 2.50 bits per heavy atom. The summed E-state index contributed by atoms with van der Waals surface area (Å²) in [6.07, 6.45) is 0.912. The molecule has 0 aliphatic heterocycles. The molecule has 0 amide bonds. The SMILES string of the molecule is CNCC(Cc1cc(F)cc(Br)c1)C(C)C. The molecule has 16 heavy (non-hydrogen) atoms. The molecule has 0 saturated heterocycles. The predicted octanol–water partition coefficient (Wildman–Crippen LogP) is 3.62. The maximum atomic E-state index is 13.2. The van der Waals surface area contributed by atoms with Gasteiger partial charge in [-0.15, -0.1) is 0 Å². The van der Waals surface area contributed by atoms with Crippen LogP contribution in [-0.2, 0) is 6.42 Å². The van der Waals surface area contributed by atoms with E-state index in [-0.39, 0.29) is 5.82 Å². The number of nitrogens with one attached hydrogen (secondary N) is 1. The number of rotatable bonds is 5. The fourth-order valence-electron chi connectivity index (χ4n) is 1.84. The standard InChI is InChI=1S/C13H19BrFN/c1-9(2)11(8-16-3)4-10-5-12(14)7-13(15)6-10/h5-7,9,11,16H,4,8H2,1-3H3. The van der Waals surface area contributed by atoms with Crippen LogP contribution < -0.4 is 5.32 Å². The highest BCUT2D eigenvalue weighted by Gasteiger charge is 2.13. The molecule has 0 heterocycles. The van der Waals surface area contributed by atoms with E-state index in [0.29, 0.717) is 11.8 Å². The molecule has 1 rings (SSSR count). The van der Waals surface area contributed by atoms with Crippen LogP contribution in [0.3, 0.4) is 0 Å². The number of hydrogen-bond donors (Lipinski definition) is 1. The van der Waals surface area contributed by atoms with Crippen molar-refractivity contribution in [3.05, 3.63) is 34.1 Å². The molecule has 3 heteroatoms. The summed E-state index contributed by atoms with van der Waals surface area (Å²) in [5.74, 6) is 0.963. The van der Waals surface area contributed by atoms with Crippen molar-refractivity contribution in [3.63, 3.8) is 0 Å². The van der Waals surface area contributed by atoms with Crippen LogP contribution in [0.25, 0.3) is 0 Å². The van der Waals surface area contributed by atoms with Gasteiger partial charge in [-0.25, -0.2) is 4.39 Å². The van der Waals surface area contributed by atoms with Gasteiger partial charge in [0.05, 0.1) is 0 Å². The second-order valence-corrected chi connectivity index (χ2v) is 5.46. The fourth-order valence-corrected chi connectivity index (χ4v) is 2.35. The Bertz CT molecular complexity index is 318. The van der Waals surface area contributed by atoms with Crippen LogP contribution in [0.4, 0.5) is 4.39 Å². The van der Waals surface area contributed by atoms with E-state index in [0.717, 1.165) is 23.0 Å². The molecule has 1 aromatic rings. The summed E-state index contributed by atoms with van der Waals surface area (Å²) < 4.78 is 14.0. The van der Waals surface area contributed by atoms with Crippen LogP contribution in [0, 0.1) is 17.7 Å². The Kier molecular flexibility index (Phi) is 5.42. The van der Waals surface area contributed by atoms with Crippen LogP contribution >= 0.6 is 15.9 Å². The fraction of sp³-hybridized carbons (Fsp3) is 0.538. The topological polar surface area (TPSA) is 12.0 Å². The lowest BCUT2D eigenvalue weighted by Crippen LogP contribution is -2.25. The lowest BCUT2D eigenvalue weighted by molar-refractivity contribution is 0.370. The molecule has 0 bridgehead atoms. The van der Waals surface area contributed by atoms with E-state index in [4.69, 9.17) is 0 Å². The van der Waals surface area contributed by atoms with Gasteiger partial charge in [-0.05, 0) is 55.6 Å². The molecule has 1 N–H and O–H groups in total. The maximum absolute atomic E-state index is 13.2. The largest absolute Gasteiger partial charge is 0.319 e. The molecule has 1 aromatic carbocycles. The molecule has 0 spiro atoms. The zero-order valence-electron chi connectivity index (χ0n) is 10.1. The van der Waals surface area contributed by atoms with Gasteiger partial charge in [0.25, 0.3) is 0 Å². The van der Waals surface area contributed by atoms with Crippen molar-refractivity contribution in [1.82, 2.24) is 5.32 Å². The Hall–Kier alpha value is -0.410. The van der Waals surface area contributed by atoms with Crippen LogP contribution in [0.5, 0.6) is 0 Å². The van der Waals surface area contributed by atoms with Crippen molar-refractivity contribution in [3.8, 4) is 0 Å². The molecule has 0 radical (unpaired) electrons. The second kappa shape index (κ2) is 6.36. The lowest BCUT2D eigenvalue weighted by atomic mass is 9.89. The van der Waals surface area contributed by atoms with Gasteiger partial charge >= 0.3 is 0 Å². The van der Waals surface area contributed by atoms with Gasteiger partial charge in [0.15, 0.2) is 0 Å². The number of halogens is 2. The first-order valence-electron chi connectivity index (χ1n) is 5.62. The molecule has 0 saturated carbocycles. The third-order valence-electron chi connectivity index (χ3n) is 2.83. The summed E-state index contributed by atoms with van der Waals surface area (Å²) in [5, 5.41) is 3.19. The molecule has 1 nitrogen and oxygen atoms in total. The summed E-state index contributed by atoms with van der Waals surface area (Å²) in [4.78, 5) is 0. The monoisotopic (exact) mass is 287 g/mol. The van der Waals surface area contributed by atoms with Crippen LogP contribution in [0.1, 0.15) is 19.4 Å². The Morgan fingerprint density at radius 1 is 1.31 bits per heavy atom. The van der Waals surface area contributed by atoms with E-state index < -0.39 is 0 Å². The van der Waals surface area contributed by atoms with Gasteiger partial charge in [-0.3, -0.25) is 0 Å². The first kappa shape index (κ1) is 13.7. The minimum Gasteiger partial charge on any atom is -0.319 e. The molecule has 0 aliphatic rings. The number of hydrogen-bond acceptors (Lipinski definition) is 1. The molecule has 1 unspecified atom stereocenters. The van der Waals surface area contributed by atoms with Crippen molar-refractivity contribution in [2.75, 3.05) is 13.6 Å². The zero-order valence-corrected chi connectivity index (χ0v) is 11.6. The van der Waals surface area contributed by atoms with Crippen molar-refractivity contribution >= 4 is 15.9 Å². The maximum Gasteiger partial charge on any atom is 0.124 e. The third-order valence-corrected chi connectivity index (χ3v) is 3.29. The van der Waals surface area contributed by atoms with E-state index in [1.54, 1.807) is 6.07 Å². The Labute approximate surface area is 106 Å². The first-order chi connectivity index (χ1) is 7.52. The highest BCUT2D eigenvalue weighted by atomic mass is 79.9. The summed E-state index contributed by atoms with van der Waals surface area (Å²) in [7, 11) is 1.96. The van der Waals surface area contributed by atoms with Gasteiger partial charge in [0.2, 0.25) is 0 Å². The van der Waals surface area contributed by atoms with E-state index >= 15 is 0 Å². The average molecular weight is 288 g/mol. The molecule has 0 aromatic heterocycles. The lowest BCUT2D eigenvalue weighted by Gasteiger charge is -2.20. The molecular weight excluding hydrogens is 269 g/mol. The van der Waals surface area contributed by atoms with Crippen LogP contribution in [0.15, 0.2) is 22.7 Å². The zero-order chi connectivity index (χ0) is 12.1. The summed E-state index contributed by atoms with van der Waals surface area (Å²) in [6, 6.07) is 5.11. The summed E-state index contributed by atoms with van der Waals surface area (Å²) >= 11 is 3.32. The molecule has 0 aliphatic carbocycles. The molecular formula is C13H19BrFN. The third kappa shape index (κ3) is 4.22. The van der Waals surface area contributed by atoms with Gasteiger partial charge in [-0.2, -0.15) is 0 Å². The van der Waals surface area contributed by atoms with Crippen molar-refractivity contribution in [2.24, 2.45) is 11.8 Å². The van der Waals surface area contributed by atoms with Gasteiger partial charge in [-0.1, -0.05) is 29.8 Å². The van der Waals surface area contributed by atoms with Crippen molar-refractivity contribution in [2.45, 2.75) is 20.3 Å². The van der Waals surface area contributed by atoms with Crippen LogP contribution in [0.2, 0.25) is 0 Å². The van der Waals surface area contributed by atoms with Gasteiger partial charge in [0, 0.05) is 4.47 Å². The average Bonchev–Trinajstić information content (AvgIpc) is 2.15. The van der Waals surface area contributed by atoms with E-state index in [2.05, 4.69) is 35.1 Å². The first-order valence-corrected chi connectivity index (χ1v) is 6.41. The second-order valence-electron chi connectivity index (χ2n) is 4.54. The van der Waals surface area contributed by atoms with Crippen LogP contribution in [-0.4, -0.2) is 13.6 Å². The van der Waals surface area contributed by atoms with E-state index in [1.807, 2.05) is 13.1 Å². The van der Waals surface area contributed by atoms with Crippen molar-refractivity contribution in [1.29, 1.82) is 0 Å². The van der Waals surface area contributed by atoms with Gasteiger partial charge < -0.3 is 5.32 Å². The Balaban J connectivity index is 2.76. The van der Waals surface area contributed by atoms with E-state index in [1.165, 1.54) is 6.07 Å². The van der Waals surface area contributed by atoms with E-state index in [9.17, 15) is 4.39 Å². The normalized spacial score (nSPS) is 13.1. The highest BCUT2D eigenvalue weighted by Crippen LogP contribution is 2.21. The number of benzene rings is 1. The predicted molar refractivity (Wildman–Crippen MR) is 70.1 cm³/mol. The Morgan fingerprint density at radius 2 is 2.00 bits per heavy atom. The van der Waals surface area contributed by atoms with Crippen molar-refractivity contribution < 1.29 is 4.39 Å². The summed E-state index contributed by atoms with van der Waals surface area (Å²) in [6.45, 7) is 5.37. The summed E-state index contributed by atoms with van der Waals surface area (Å²) in [5.41, 5.74) is 1.06. The minimum absolute atomic E-state index is 0.170. The smallest absolute Gasteiger partial charge is 0.124 e. The minimum atomic E-state index is -0.170. The molecule has 0 fully saturated rings. The molecule has 1 atom stereocenters.